The van der Waals surface area contributed by atoms with Gasteiger partial charge in [0.05, 0.1) is 31.1 Å². The number of alkyl halides is 2. The third kappa shape index (κ3) is 7.62. The van der Waals surface area contributed by atoms with Crippen molar-refractivity contribution in [3.8, 4) is 5.75 Å². The Morgan fingerprint density at radius 2 is 1.81 bits per heavy atom. The Kier molecular flexibility index (Phi) is 9.61. The van der Waals surface area contributed by atoms with Crippen LogP contribution in [0.4, 0.5) is 19.3 Å². The van der Waals surface area contributed by atoms with E-state index in [9.17, 15) is 26.8 Å². The average molecular weight is 690 g/mol. The summed E-state index contributed by atoms with van der Waals surface area (Å²) >= 11 is 0. The Morgan fingerprint density at radius 3 is 2.42 bits per heavy atom. The summed E-state index contributed by atoms with van der Waals surface area (Å²) in [4.78, 5) is 27.9. The highest BCUT2D eigenvalue weighted by Crippen LogP contribution is 2.61. The Bertz CT molecular complexity index is 1820. The van der Waals surface area contributed by atoms with Gasteiger partial charge in [0, 0.05) is 61.1 Å². The maximum atomic E-state index is 14.4. The minimum Gasteiger partial charge on any atom is -0.496 e. The normalized spacial score (nSPS) is 19.1. The standard InChI is InChI=1S/C35H45F2N3O7S/c1-22-16-29(45-5)26(24-10-13-40(30(22)24)32(42)47-33(2,3)4)19-39-14-11-34(20-35(36,37)21-34)18-28(39)25-9-8-23(31(41)46-6)17-27(25)38-12-15-48(7,43)44/h8-10,13,16-17,28,38H,11-12,14-15,18-21H2,1-7H3. The number of aryl methyl sites for hydroxylation is 1. The Morgan fingerprint density at radius 1 is 1.10 bits per heavy atom. The van der Waals surface area contributed by atoms with Crippen molar-refractivity contribution in [1.29, 1.82) is 0 Å². The second kappa shape index (κ2) is 13.0. The van der Waals surface area contributed by atoms with Gasteiger partial charge in [0.2, 0.25) is 5.92 Å². The van der Waals surface area contributed by atoms with E-state index in [1.54, 1.807) is 52.3 Å². The molecule has 1 aromatic heterocycles. The first-order valence-corrected chi connectivity index (χ1v) is 18.1. The SMILES string of the molecule is COC(=O)c1ccc(C2CC3(CCN2Cc2c(OC)cc(C)c4c2ccn4C(=O)OC(C)(C)C)CC(F)(F)C3)c(NCCS(C)(=O)=O)c1. The van der Waals surface area contributed by atoms with Gasteiger partial charge in [0.15, 0.2) is 0 Å². The molecule has 0 radical (unpaired) electrons. The quantitative estimate of drug-likeness (QED) is 0.244. The van der Waals surface area contributed by atoms with Crippen LogP contribution < -0.4 is 10.1 Å². The number of nitrogens with one attached hydrogen (secondary N) is 1. The van der Waals surface area contributed by atoms with Gasteiger partial charge in [-0.2, -0.15) is 0 Å². The summed E-state index contributed by atoms with van der Waals surface area (Å²) in [5.41, 5.74) is 2.68. The van der Waals surface area contributed by atoms with Crippen molar-refractivity contribution >= 4 is 38.5 Å². The van der Waals surface area contributed by atoms with E-state index < -0.39 is 38.8 Å². The molecule has 1 spiro atoms. The second-order valence-electron chi connectivity index (χ2n) is 14.3. The van der Waals surface area contributed by atoms with E-state index in [0.717, 1.165) is 28.3 Å². The molecule has 1 unspecified atom stereocenters. The first kappa shape index (κ1) is 35.6. The van der Waals surface area contributed by atoms with E-state index in [2.05, 4.69) is 10.2 Å². The van der Waals surface area contributed by atoms with Gasteiger partial charge in [-0.25, -0.2) is 26.8 Å². The molecule has 1 aliphatic heterocycles. The number of piperidine rings is 1. The lowest BCUT2D eigenvalue weighted by Gasteiger charge is -2.55. The van der Waals surface area contributed by atoms with Crippen LogP contribution in [-0.4, -0.2) is 80.8 Å². The summed E-state index contributed by atoms with van der Waals surface area (Å²) in [5.74, 6) is -2.77. The van der Waals surface area contributed by atoms with E-state index in [0.29, 0.717) is 42.9 Å². The largest absolute Gasteiger partial charge is 0.496 e. The molecule has 5 rings (SSSR count). The molecule has 3 aromatic rings. The van der Waals surface area contributed by atoms with Crippen molar-refractivity contribution in [1.82, 2.24) is 9.47 Å². The fourth-order valence-electron chi connectivity index (χ4n) is 7.23. The van der Waals surface area contributed by atoms with Crippen LogP contribution in [0.3, 0.4) is 0 Å². The summed E-state index contributed by atoms with van der Waals surface area (Å²) in [5, 5.41) is 4.01. The summed E-state index contributed by atoms with van der Waals surface area (Å²) in [6.07, 6.45) is 2.95. The lowest BCUT2D eigenvalue weighted by molar-refractivity contribution is -0.186. The molecule has 1 saturated carbocycles. The molecule has 2 fully saturated rings. The van der Waals surface area contributed by atoms with E-state index in [1.165, 1.54) is 11.7 Å². The Hall–Kier alpha value is -3.71. The van der Waals surface area contributed by atoms with Gasteiger partial charge >= 0.3 is 12.1 Å². The molecular weight excluding hydrogens is 644 g/mol. The number of nitrogens with zero attached hydrogens (tertiary/aromatic N) is 2. The van der Waals surface area contributed by atoms with Crippen LogP contribution >= 0.6 is 0 Å². The first-order chi connectivity index (χ1) is 22.3. The van der Waals surface area contributed by atoms with E-state index in [1.807, 2.05) is 19.1 Å². The molecule has 10 nitrogen and oxygen atoms in total. The molecule has 1 atom stereocenters. The minimum atomic E-state index is -3.28. The van der Waals surface area contributed by atoms with Crippen molar-refractivity contribution < 1.29 is 41.0 Å². The molecule has 13 heteroatoms. The summed E-state index contributed by atoms with van der Waals surface area (Å²) in [7, 11) is -0.417. The molecular formula is C35H45F2N3O7S. The lowest BCUT2D eigenvalue weighted by atomic mass is 9.58. The van der Waals surface area contributed by atoms with Gasteiger partial charge in [-0.3, -0.25) is 9.47 Å². The van der Waals surface area contributed by atoms with Crippen molar-refractivity contribution in [2.24, 2.45) is 5.41 Å². The number of carbonyl (C=O) groups excluding carboxylic acids is 2. The maximum Gasteiger partial charge on any atom is 0.419 e. The number of aromatic nitrogens is 1. The van der Waals surface area contributed by atoms with Gasteiger partial charge in [-0.1, -0.05) is 6.07 Å². The first-order valence-electron chi connectivity index (χ1n) is 16.0. The molecule has 0 bridgehead atoms. The summed E-state index contributed by atoms with van der Waals surface area (Å²) < 4.78 is 70.6. The number of ether oxygens (including phenoxy) is 3. The molecule has 262 valence electrons. The van der Waals surface area contributed by atoms with Crippen LogP contribution in [0.2, 0.25) is 0 Å². The van der Waals surface area contributed by atoms with Gasteiger partial charge in [-0.15, -0.1) is 0 Å². The Balaban J connectivity index is 1.58. The van der Waals surface area contributed by atoms with Gasteiger partial charge < -0.3 is 19.5 Å². The number of hydrogen-bond acceptors (Lipinski definition) is 9. The molecule has 2 heterocycles. The van der Waals surface area contributed by atoms with Crippen LogP contribution in [-0.2, 0) is 25.9 Å². The van der Waals surface area contributed by atoms with E-state index in [4.69, 9.17) is 14.2 Å². The van der Waals surface area contributed by atoms with Gasteiger partial charge in [-0.05, 0) is 87.9 Å². The van der Waals surface area contributed by atoms with Crippen molar-refractivity contribution in [2.45, 2.75) is 77.5 Å². The predicted octanol–water partition coefficient (Wildman–Crippen LogP) is 6.74. The van der Waals surface area contributed by atoms with Crippen LogP contribution in [0.5, 0.6) is 5.75 Å². The van der Waals surface area contributed by atoms with Crippen molar-refractivity contribution in [3.63, 3.8) is 0 Å². The fourth-order valence-corrected chi connectivity index (χ4v) is 7.70. The number of sulfone groups is 1. The van der Waals surface area contributed by atoms with E-state index >= 15 is 0 Å². The van der Waals surface area contributed by atoms with Crippen LogP contribution in [0.15, 0.2) is 36.5 Å². The number of carbonyl (C=O) groups is 2. The highest BCUT2D eigenvalue weighted by atomic mass is 32.2. The van der Waals surface area contributed by atoms with Gasteiger partial charge in [0.25, 0.3) is 0 Å². The molecule has 1 saturated heterocycles. The highest BCUT2D eigenvalue weighted by Gasteiger charge is 2.58. The third-order valence-electron chi connectivity index (χ3n) is 9.29. The minimum absolute atomic E-state index is 0.0942. The Labute approximate surface area is 280 Å². The van der Waals surface area contributed by atoms with Gasteiger partial charge in [0.1, 0.15) is 21.2 Å². The van der Waals surface area contributed by atoms with Crippen molar-refractivity contribution in [2.75, 3.05) is 44.6 Å². The molecule has 0 amide bonds. The molecule has 48 heavy (non-hydrogen) atoms. The fraction of sp³-hybridized carbons (Fsp3) is 0.543. The number of likely N-dealkylation sites (tertiary alicyclic amines) is 1. The zero-order chi connectivity index (χ0) is 35.2. The number of methoxy groups -OCH3 is 2. The molecule has 1 N–H and O–H groups in total. The number of benzene rings is 2. The molecule has 2 aromatic carbocycles. The number of rotatable bonds is 9. The molecule has 1 aliphatic carbocycles. The average Bonchev–Trinajstić information content (AvgIpc) is 3.43. The van der Waals surface area contributed by atoms with Crippen LogP contribution in [0.25, 0.3) is 10.9 Å². The second-order valence-corrected chi connectivity index (χ2v) is 16.6. The zero-order valence-electron chi connectivity index (χ0n) is 28.6. The number of esters is 1. The third-order valence-corrected chi connectivity index (χ3v) is 10.2. The summed E-state index contributed by atoms with van der Waals surface area (Å²) in [6.45, 7) is 8.29. The molecule has 2 aliphatic rings. The number of anilines is 1. The number of fused-ring (bicyclic) bond motifs is 1. The zero-order valence-corrected chi connectivity index (χ0v) is 29.4. The monoisotopic (exact) mass is 689 g/mol. The van der Waals surface area contributed by atoms with E-state index in [-0.39, 0.29) is 36.7 Å². The predicted molar refractivity (Wildman–Crippen MR) is 180 cm³/mol. The van der Waals surface area contributed by atoms with Crippen molar-refractivity contribution in [3.05, 3.63) is 58.8 Å². The highest BCUT2D eigenvalue weighted by molar-refractivity contribution is 7.90. The summed E-state index contributed by atoms with van der Waals surface area (Å²) in [6, 6.07) is 8.45. The van der Waals surface area contributed by atoms with Crippen LogP contribution in [0, 0.1) is 12.3 Å². The number of halogens is 2. The smallest absolute Gasteiger partial charge is 0.419 e. The topological polar surface area (TPSA) is 116 Å². The number of hydrogen-bond donors (Lipinski definition) is 1. The maximum absolute atomic E-state index is 14.4. The van der Waals surface area contributed by atoms with Crippen LogP contribution in [0.1, 0.15) is 79.5 Å². The lowest BCUT2D eigenvalue weighted by Crippen LogP contribution is -2.53.